The Morgan fingerprint density at radius 3 is 2.35 bits per heavy atom. The van der Waals surface area contributed by atoms with Crippen molar-refractivity contribution in [3.63, 3.8) is 0 Å². The van der Waals surface area contributed by atoms with E-state index >= 15 is 0 Å². The summed E-state index contributed by atoms with van der Waals surface area (Å²) in [5, 5.41) is 2.65. The number of anilines is 1. The Kier molecular flexibility index (Phi) is 2.97. The number of rotatable bonds is 2. The molecule has 0 radical (unpaired) electrons. The Labute approximate surface area is 114 Å². The summed E-state index contributed by atoms with van der Waals surface area (Å²) < 4.78 is 59.3. The van der Waals surface area contributed by atoms with Gasteiger partial charge in [0.1, 0.15) is 5.69 Å². The summed E-state index contributed by atoms with van der Waals surface area (Å²) in [7, 11) is 0. The van der Waals surface area contributed by atoms with Crippen LogP contribution in [0.4, 0.5) is 23.2 Å². The summed E-state index contributed by atoms with van der Waals surface area (Å²) in [5.74, 6) is -5.47. The van der Waals surface area contributed by atoms with Gasteiger partial charge in [0, 0.05) is 30.0 Å². The van der Waals surface area contributed by atoms with Crippen molar-refractivity contribution in [2.75, 3.05) is 11.9 Å². The fourth-order valence-corrected chi connectivity index (χ4v) is 3.47. The van der Waals surface area contributed by atoms with Crippen LogP contribution >= 0.6 is 0 Å². The lowest BCUT2D eigenvalue weighted by Gasteiger charge is -2.55. The minimum atomic E-state index is -1.40. The lowest BCUT2D eigenvalue weighted by atomic mass is 9.57. The van der Waals surface area contributed by atoms with Crippen molar-refractivity contribution in [2.24, 2.45) is 11.3 Å². The Morgan fingerprint density at radius 1 is 1.15 bits per heavy atom. The molecule has 6 heteroatoms. The van der Waals surface area contributed by atoms with Gasteiger partial charge in [-0.05, 0) is 6.42 Å². The highest BCUT2D eigenvalue weighted by atomic mass is 19.2. The average Bonchev–Trinajstić information content (AvgIpc) is 2.83. The molecule has 1 aliphatic carbocycles. The van der Waals surface area contributed by atoms with Crippen molar-refractivity contribution in [2.45, 2.75) is 32.4 Å². The van der Waals surface area contributed by atoms with Crippen molar-refractivity contribution >= 4 is 5.69 Å². The lowest BCUT2D eigenvalue weighted by Crippen LogP contribution is -2.63. The molecule has 0 aromatic heterocycles. The molecule has 1 aromatic rings. The van der Waals surface area contributed by atoms with Crippen LogP contribution in [0.1, 0.15) is 20.3 Å². The zero-order valence-corrected chi connectivity index (χ0v) is 11.1. The van der Waals surface area contributed by atoms with E-state index in [0.29, 0.717) is 6.61 Å². The van der Waals surface area contributed by atoms with E-state index in [9.17, 15) is 17.6 Å². The predicted molar refractivity (Wildman–Crippen MR) is 65.3 cm³/mol. The SMILES string of the molecule is CC1(C)C(Nc2c(F)c(F)cc(F)c2F)C2CCOC21. The first kappa shape index (κ1) is 13.7. The van der Waals surface area contributed by atoms with Gasteiger partial charge in [0.25, 0.3) is 0 Å². The van der Waals surface area contributed by atoms with Crippen molar-refractivity contribution in [1.29, 1.82) is 0 Å². The number of benzene rings is 1. The summed E-state index contributed by atoms with van der Waals surface area (Å²) >= 11 is 0. The second-order valence-electron chi connectivity index (χ2n) is 6.03. The van der Waals surface area contributed by atoms with Crippen LogP contribution in [0, 0.1) is 34.6 Å². The molecular weight excluding hydrogens is 274 g/mol. The Hall–Kier alpha value is -1.30. The van der Waals surface area contributed by atoms with Gasteiger partial charge in [0.2, 0.25) is 0 Å². The molecule has 1 saturated heterocycles. The third-order valence-corrected chi connectivity index (χ3v) is 4.51. The second kappa shape index (κ2) is 4.35. The standard InChI is InChI=1S/C14H15F4NO/c1-14(2)12(6-3-4-20-13(6)14)19-11-9(17)7(15)5-8(16)10(11)18/h5-6,12-13,19H,3-4H2,1-2H3. The number of halogens is 4. The quantitative estimate of drug-likeness (QED) is 0.665. The van der Waals surface area contributed by atoms with Crippen molar-refractivity contribution in [3.8, 4) is 0 Å². The van der Waals surface area contributed by atoms with Gasteiger partial charge < -0.3 is 10.1 Å². The molecule has 1 saturated carbocycles. The number of nitrogens with one attached hydrogen (secondary N) is 1. The van der Waals surface area contributed by atoms with Crippen LogP contribution in [0.25, 0.3) is 0 Å². The van der Waals surface area contributed by atoms with E-state index in [-0.39, 0.29) is 29.5 Å². The molecule has 2 nitrogen and oxygen atoms in total. The second-order valence-corrected chi connectivity index (χ2v) is 6.03. The molecule has 20 heavy (non-hydrogen) atoms. The molecule has 0 bridgehead atoms. The molecule has 0 spiro atoms. The van der Waals surface area contributed by atoms with Gasteiger partial charge in [-0.2, -0.15) is 0 Å². The Morgan fingerprint density at radius 2 is 1.75 bits per heavy atom. The molecular formula is C14H15F4NO. The summed E-state index contributed by atoms with van der Waals surface area (Å²) in [6.45, 7) is 4.41. The van der Waals surface area contributed by atoms with Crippen LogP contribution < -0.4 is 5.32 Å². The molecule has 2 aliphatic rings. The van der Waals surface area contributed by atoms with Gasteiger partial charge in [-0.1, -0.05) is 13.8 Å². The molecule has 3 atom stereocenters. The van der Waals surface area contributed by atoms with E-state index in [2.05, 4.69) is 5.32 Å². The fraction of sp³-hybridized carbons (Fsp3) is 0.571. The first-order valence-electron chi connectivity index (χ1n) is 6.55. The van der Waals surface area contributed by atoms with E-state index in [1.54, 1.807) is 0 Å². The maximum absolute atomic E-state index is 13.7. The molecule has 3 rings (SSSR count). The van der Waals surface area contributed by atoms with Crippen LogP contribution in [-0.4, -0.2) is 18.8 Å². The number of fused-ring (bicyclic) bond motifs is 1. The van der Waals surface area contributed by atoms with Crippen LogP contribution in [0.3, 0.4) is 0 Å². The van der Waals surface area contributed by atoms with Crippen LogP contribution in [0.15, 0.2) is 6.07 Å². The van der Waals surface area contributed by atoms with Crippen molar-refractivity contribution < 1.29 is 22.3 Å². The first-order valence-corrected chi connectivity index (χ1v) is 6.55. The van der Waals surface area contributed by atoms with Gasteiger partial charge >= 0.3 is 0 Å². The Bertz CT molecular complexity index is 534. The van der Waals surface area contributed by atoms with E-state index in [0.717, 1.165) is 6.42 Å². The highest BCUT2D eigenvalue weighted by Gasteiger charge is 2.59. The third-order valence-electron chi connectivity index (χ3n) is 4.51. The van der Waals surface area contributed by atoms with Gasteiger partial charge in [-0.3, -0.25) is 0 Å². The molecule has 1 aliphatic heterocycles. The van der Waals surface area contributed by atoms with Crippen molar-refractivity contribution in [3.05, 3.63) is 29.3 Å². The smallest absolute Gasteiger partial charge is 0.185 e. The maximum Gasteiger partial charge on any atom is 0.185 e. The minimum absolute atomic E-state index is 0.0181. The topological polar surface area (TPSA) is 21.3 Å². The molecule has 2 fully saturated rings. The summed E-state index contributed by atoms with van der Waals surface area (Å²) in [5.41, 5.74) is -1.08. The summed E-state index contributed by atoms with van der Waals surface area (Å²) in [4.78, 5) is 0. The first-order chi connectivity index (χ1) is 9.34. The van der Waals surface area contributed by atoms with E-state index in [1.165, 1.54) is 0 Å². The van der Waals surface area contributed by atoms with E-state index in [1.807, 2.05) is 13.8 Å². The molecule has 1 heterocycles. The van der Waals surface area contributed by atoms with Gasteiger partial charge in [-0.25, -0.2) is 17.6 Å². The van der Waals surface area contributed by atoms with Crippen LogP contribution in [0.5, 0.6) is 0 Å². The zero-order chi connectivity index (χ0) is 14.7. The normalized spacial score (nSPS) is 30.8. The van der Waals surface area contributed by atoms with E-state index in [4.69, 9.17) is 4.74 Å². The highest BCUT2D eigenvalue weighted by molar-refractivity contribution is 5.49. The van der Waals surface area contributed by atoms with Crippen LogP contribution in [0.2, 0.25) is 0 Å². The Balaban J connectivity index is 1.93. The van der Waals surface area contributed by atoms with Crippen LogP contribution in [-0.2, 0) is 4.74 Å². The molecule has 110 valence electrons. The van der Waals surface area contributed by atoms with Gasteiger partial charge in [-0.15, -0.1) is 0 Å². The molecule has 1 aromatic carbocycles. The number of hydrogen-bond donors (Lipinski definition) is 1. The van der Waals surface area contributed by atoms with Gasteiger partial charge in [0.15, 0.2) is 23.3 Å². The third kappa shape index (κ3) is 1.74. The maximum atomic E-state index is 13.7. The molecule has 1 N–H and O–H groups in total. The highest BCUT2D eigenvalue weighted by Crippen LogP contribution is 2.53. The minimum Gasteiger partial charge on any atom is -0.377 e. The van der Waals surface area contributed by atoms with Gasteiger partial charge in [0.05, 0.1) is 6.10 Å². The average molecular weight is 289 g/mol. The number of hydrogen-bond acceptors (Lipinski definition) is 2. The summed E-state index contributed by atoms with van der Waals surface area (Å²) in [6.07, 6.45) is 0.789. The lowest BCUT2D eigenvalue weighted by molar-refractivity contribution is -0.0924. The van der Waals surface area contributed by atoms with E-state index < -0.39 is 29.0 Å². The monoisotopic (exact) mass is 289 g/mol. The largest absolute Gasteiger partial charge is 0.377 e. The number of ether oxygens (including phenoxy) is 1. The van der Waals surface area contributed by atoms with Crippen molar-refractivity contribution in [1.82, 2.24) is 0 Å². The molecule has 0 amide bonds. The summed E-state index contributed by atoms with van der Waals surface area (Å²) in [6, 6.07) is -0.0660. The molecule has 3 unspecified atom stereocenters. The zero-order valence-electron chi connectivity index (χ0n) is 11.1. The predicted octanol–water partition coefficient (Wildman–Crippen LogP) is 3.47. The fourth-order valence-electron chi connectivity index (χ4n) is 3.47.